The summed E-state index contributed by atoms with van der Waals surface area (Å²) in [6.45, 7) is 5.45. The molecule has 78 valence electrons. The molecule has 13 heavy (non-hydrogen) atoms. The summed E-state index contributed by atoms with van der Waals surface area (Å²) in [4.78, 5) is 0. The normalized spacial score (nSPS) is 24.5. The number of epoxide rings is 1. The summed E-state index contributed by atoms with van der Waals surface area (Å²) in [7, 11) is 1.22. The van der Waals surface area contributed by atoms with E-state index in [2.05, 4.69) is 0 Å². The summed E-state index contributed by atoms with van der Waals surface area (Å²) >= 11 is 0. The Hall–Kier alpha value is 0.0569. The Morgan fingerprint density at radius 2 is 2.00 bits per heavy atom. The highest BCUT2D eigenvalue weighted by Crippen LogP contribution is 2.16. The molecule has 0 N–H and O–H groups in total. The predicted octanol–water partition coefficient (Wildman–Crippen LogP) is 0.694. The van der Waals surface area contributed by atoms with Crippen molar-refractivity contribution in [3.63, 3.8) is 0 Å². The second-order valence-electron chi connectivity index (χ2n) is 3.36. The molecule has 0 spiro atoms. The van der Waals surface area contributed by atoms with Gasteiger partial charge >= 0.3 is 8.56 Å². The molecule has 0 radical (unpaired) electrons. The highest BCUT2D eigenvalue weighted by molar-refractivity contribution is 6.67. The third-order valence-electron chi connectivity index (χ3n) is 2.48. The van der Waals surface area contributed by atoms with Crippen LogP contribution in [0.2, 0.25) is 6.55 Å². The molecule has 5 heteroatoms. The number of ether oxygens (including phenoxy) is 2. The fourth-order valence-electron chi connectivity index (χ4n) is 0.983. The molecule has 1 saturated heterocycles. The SMILES string of the molecule is CO[Si](C)(OC)C(C)OCC1CO1. The van der Waals surface area contributed by atoms with E-state index in [1.807, 2.05) is 13.5 Å². The van der Waals surface area contributed by atoms with Crippen LogP contribution in [-0.2, 0) is 18.3 Å². The van der Waals surface area contributed by atoms with E-state index < -0.39 is 8.56 Å². The largest absolute Gasteiger partial charge is 0.396 e. The van der Waals surface area contributed by atoms with Gasteiger partial charge in [-0.05, 0) is 13.5 Å². The van der Waals surface area contributed by atoms with Gasteiger partial charge in [-0.3, -0.25) is 0 Å². The quantitative estimate of drug-likeness (QED) is 0.473. The first-order chi connectivity index (χ1) is 6.12. The van der Waals surface area contributed by atoms with E-state index in [9.17, 15) is 0 Å². The first kappa shape index (κ1) is 11.1. The van der Waals surface area contributed by atoms with Crippen LogP contribution in [0.4, 0.5) is 0 Å². The van der Waals surface area contributed by atoms with Gasteiger partial charge in [0.15, 0.2) is 0 Å². The van der Waals surface area contributed by atoms with Gasteiger partial charge in [-0.25, -0.2) is 0 Å². The molecule has 0 aliphatic carbocycles. The lowest BCUT2D eigenvalue weighted by atomic mass is 10.5. The van der Waals surface area contributed by atoms with Gasteiger partial charge in [-0.2, -0.15) is 0 Å². The van der Waals surface area contributed by atoms with Crippen molar-refractivity contribution in [2.75, 3.05) is 27.4 Å². The van der Waals surface area contributed by atoms with E-state index in [1.54, 1.807) is 14.2 Å². The number of hydrogen-bond acceptors (Lipinski definition) is 4. The zero-order valence-corrected chi connectivity index (χ0v) is 9.70. The zero-order chi connectivity index (χ0) is 9.90. The zero-order valence-electron chi connectivity index (χ0n) is 8.70. The summed E-state index contributed by atoms with van der Waals surface area (Å²) in [5.41, 5.74) is 0.0340. The highest BCUT2D eigenvalue weighted by Gasteiger charge is 2.38. The third kappa shape index (κ3) is 3.03. The minimum Gasteiger partial charge on any atom is -0.396 e. The van der Waals surface area contributed by atoms with Crippen LogP contribution < -0.4 is 0 Å². The van der Waals surface area contributed by atoms with E-state index in [4.69, 9.17) is 18.3 Å². The molecule has 1 heterocycles. The highest BCUT2D eigenvalue weighted by atomic mass is 28.4. The Morgan fingerprint density at radius 1 is 1.46 bits per heavy atom. The van der Waals surface area contributed by atoms with Crippen molar-refractivity contribution < 1.29 is 18.3 Å². The van der Waals surface area contributed by atoms with Gasteiger partial charge in [0.05, 0.1) is 18.9 Å². The molecule has 1 fully saturated rings. The van der Waals surface area contributed by atoms with Crippen molar-refractivity contribution in [2.45, 2.75) is 25.3 Å². The Balaban J connectivity index is 2.28. The smallest absolute Gasteiger partial charge is 0.364 e. The lowest BCUT2D eigenvalue weighted by Crippen LogP contribution is -2.49. The van der Waals surface area contributed by atoms with Gasteiger partial charge in [-0.1, -0.05) is 0 Å². The minimum absolute atomic E-state index is 0.0340. The van der Waals surface area contributed by atoms with Crippen LogP contribution >= 0.6 is 0 Å². The number of hydrogen-bond donors (Lipinski definition) is 0. The monoisotopic (exact) mass is 206 g/mol. The minimum atomic E-state index is -2.12. The van der Waals surface area contributed by atoms with Crippen LogP contribution in [0, 0.1) is 0 Å². The fourth-order valence-corrected chi connectivity index (χ4v) is 2.21. The fraction of sp³-hybridized carbons (Fsp3) is 1.00. The molecule has 0 saturated carbocycles. The van der Waals surface area contributed by atoms with Crippen molar-refractivity contribution in [3.05, 3.63) is 0 Å². The van der Waals surface area contributed by atoms with Crippen LogP contribution in [0.3, 0.4) is 0 Å². The first-order valence-electron chi connectivity index (χ1n) is 4.46. The van der Waals surface area contributed by atoms with E-state index >= 15 is 0 Å². The van der Waals surface area contributed by atoms with E-state index in [0.29, 0.717) is 12.7 Å². The van der Waals surface area contributed by atoms with Crippen LogP contribution in [0.15, 0.2) is 0 Å². The van der Waals surface area contributed by atoms with Gasteiger partial charge < -0.3 is 18.3 Å². The molecule has 4 nitrogen and oxygen atoms in total. The maximum Gasteiger partial charge on any atom is 0.364 e. The van der Waals surface area contributed by atoms with Gasteiger partial charge in [0.1, 0.15) is 6.10 Å². The summed E-state index contributed by atoms with van der Waals surface area (Å²) in [6, 6.07) is 0. The molecule has 0 aromatic carbocycles. The van der Waals surface area contributed by atoms with Crippen molar-refractivity contribution in [3.8, 4) is 0 Å². The standard InChI is InChI=1S/C8H18O4Si/c1-7(11-5-8-6-12-8)13(4,9-2)10-3/h7-8H,5-6H2,1-4H3. The second-order valence-corrected chi connectivity index (χ2v) is 7.02. The van der Waals surface area contributed by atoms with Gasteiger partial charge in [0.25, 0.3) is 0 Å². The molecule has 2 atom stereocenters. The van der Waals surface area contributed by atoms with E-state index in [0.717, 1.165) is 6.61 Å². The summed E-state index contributed by atoms with van der Waals surface area (Å²) in [6.07, 6.45) is 0.300. The second kappa shape index (κ2) is 4.52. The lowest BCUT2D eigenvalue weighted by Gasteiger charge is -2.28. The van der Waals surface area contributed by atoms with Crippen molar-refractivity contribution in [1.29, 1.82) is 0 Å². The maximum atomic E-state index is 5.60. The van der Waals surface area contributed by atoms with Crippen LogP contribution in [0.5, 0.6) is 0 Å². The Bertz CT molecular complexity index is 156. The van der Waals surface area contributed by atoms with Crippen LogP contribution in [0.1, 0.15) is 6.92 Å². The molecule has 0 bridgehead atoms. The van der Waals surface area contributed by atoms with Crippen molar-refractivity contribution >= 4 is 8.56 Å². The Kier molecular flexibility index (Phi) is 3.87. The molecular formula is C8H18O4Si. The van der Waals surface area contributed by atoms with Gasteiger partial charge in [-0.15, -0.1) is 0 Å². The molecule has 1 aliphatic heterocycles. The van der Waals surface area contributed by atoms with E-state index in [1.165, 1.54) is 0 Å². The summed E-state index contributed by atoms with van der Waals surface area (Å²) in [5, 5.41) is 0. The average molecular weight is 206 g/mol. The summed E-state index contributed by atoms with van der Waals surface area (Å²) in [5.74, 6) is 0. The molecule has 0 aromatic rings. The number of rotatable bonds is 6. The molecular weight excluding hydrogens is 188 g/mol. The van der Waals surface area contributed by atoms with Crippen molar-refractivity contribution in [1.82, 2.24) is 0 Å². The third-order valence-corrected chi connectivity index (χ3v) is 5.75. The van der Waals surface area contributed by atoms with Gasteiger partial charge in [0, 0.05) is 14.2 Å². The van der Waals surface area contributed by atoms with Crippen LogP contribution in [0.25, 0.3) is 0 Å². The van der Waals surface area contributed by atoms with Gasteiger partial charge in [0.2, 0.25) is 0 Å². The first-order valence-corrected chi connectivity index (χ1v) is 6.85. The molecule has 1 rings (SSSR count). The Morgan fingerprint density at radius 3 is 2.38 bits per heavy atom. The van der Waals surface area contributed by atoms with E-state index in [-0.39, 0.29) is 5.73 Å². The molecule has 0 amide bonds. The molecule has 0 aromatic heterocycles. The van der Waals surface area contributed by atoms with Crippen molar-refractivity contribution in [2.24, 2.45) is 0 Å². The Labute approximate surface area is 80.4 Å². The average Bonchev–Trinajstić information content (AvgIpc) is 2.96. The predicted molar refractivity (Wildman–Crippen MR) is 50.8 cm³/mol. The van der Waals surface area contributed by atoms with Crippen LogP contribution in [-0.4, -0.2) is 47.8 Å². The topological polar surface area (TPSA) is 40.2 Å². The molecule has 2 unspecified atom stereocenters. The summed E-state index contributed by atoms with van der Waals surface area (Å²) < 4.78 is 21.4. The molecule has 1 aliphatic rings. The lowest BCUT2D eigenvalue weighted by molar-refractivity contribution is 0.0605. The maximum absolute atomic E-state index is 5.60.